The Hall–Kier alpha value is -3.13. The molecule has 3 aliphatic rings. The molecule has 0 saturated carbocycles. The zero-order valence-corrected chi connectivity index (χ0v) is 21.4. The molecule has 3 aliphatic heterocycles. The molecule has 8 nitrogen and oxygen atoms in total. The van der Waals surface area contributed by atoms with Crippen molar-refractivity contribution in [3.63, 3.8) is 0 Å². The normalized spacial score (nSPS) is 20.9. The highest BCUT2D eigenvalue weighted by Gasteiger charge is 2.37. The number of hydrogen-bond donors (Lipinski definition) is 1. The van der Waals surface area contributed by atoms with Gasteiger partial charge < -0.3 is 24.9 Å². The zero-order chi connectivity index (χ0) is 24.9. The molecule has 1 N–H and O–H groups in total. The topological polar surface area (TPSA) is 72.0 Å². The van der Waals surface area contributed by atoms with Crippen molar-refractivity contribution in [3.8, 4) is 0 Å². The van der Waals surface area contributed by atoms with Crippen LogP contribution in [0.4, 0.5) is 23.0 Å². The lowest BCUT2D eigenvalue weighted by Gasteiger charge is -2.42. The van der Waals surface area contributed by atoms with Crippen LogP contribution in [-0.4, -0.2) is 73.6 Å². The smallest absolute Gasteiger partial charge is 0.251 e. The van der Waals surface area contributed by atoms with Gasteiger partial charge in [-0.15, -0.1) is 0 Å². The minimum Gasteiger partial charge on any atom is -0.349 e. The molecule has 5 rings (SSSR count). The zero-order valence-electron chi connectivity index (χ0n) is 21.4. The van der Waals surface area contributed by atoms with Crippen LogP contribution in [0.3, 0.4) is 0 Å². The highest BCUT2D eigenvalue weighted by atomic mass is 16.2. The summed E-state index contributed by atoms with van der Waals surface area (Å²) < 4.78 is 0. The number of carbonyl (C=O) groups excluding carboxylic acids is 2. The Morgan fingerprint density at radius 1 is 1.06 bits per heavy atom. The lowest BCUT2D eigenvalue weighted by atomic mass is 10.0. The molecule has 0 spiro atoms. The number of rotatable bonds is 4. The van der Waals surface area contributed by atoms with Gasteiger partial charge in [0.25, 0.3) is 5.91 Å². The fourth-order valence-corrected chi connectivity index (χ4v) is 5.63. The molecule has 2 aromatic rings. The highest BCUT2D eigenvalue weighted by Crippen LogP contribution is 2.40. The van der Waals surface area contributed by atoms with E-state index in [2.05, 4.69) is 40.9 Å². The lowest BCUT2D eigenvalue weighted by molar-refractivity contribution is -0.119. The Morgan fingerprint density at radius 2 is 1.77 bits per heavy atom. The maximum Gasteiger partial charge on any atom is 0.251 e. The van der Waals surface area contributed by atoms with Gasteiger partial charge >= 0.3 is 0 Å². The molecule has 2 amide bonds. The fraction of sp³-hybridized carbons (Fsp3) is 0.519. The van der Waals surface area contributed by atoms with Crippen molar-refractivity contribution in [1.82, 2.24) is 15.2 Å². The van der Waals surface area contributed by atoms with E-state index < -0.39 is 0 Å². The quantitative estimate of drug-likeness (QED) is 0.731. The molecule has 1 atom stereocenters. The Bertz CT molecular complexity index is 1140. The number of hydrogen-bond acceptors (Lipinski definition) is 6. The van der Waals surface area contributed by atoms with Crippen LogP contribution in [-0.2, 0) is 11.2 Å². The summed E-state index contributed by atoms with van der Waals surface area (Å²) in [6.07, 6.45) is 2.86. The van der Waals surface area contributed by atoms with Gasteiger partial charge in [0.05, 0.1) is 5.69 Å². The van der Waals surface area contributed by atoms with E-state index in [1.165, 1.54) is 5.56 Å². The van der Waals surface area contributed by atoms with Gasteiger partial charge in [0.15, 0.2) is 5.82 Å². The molecule has 8 heteroatoms. The number of nitrogens with zero attached hydrogens (tertiary/aromatic N) is 5. The number of likely N-dealkylation sites (N-methyl/N-ethyl adjacent to an activating group) is 1. The van der Waals surface area contributed by atoms with E-state index in [4.69, 9.17) is 4.98 Å². The van der Waals surface area contributed by atoms with E-state index in [0.29, 0.717) is 0 Å². The lowest BCUT2D eigenvalue weighted by Crippen LogP contribution is -2.53. The third-order valence-corrected chi connectivity index (χ3v) is 7.67. The molecular formula is C27H36N6O2. The highest BCUT2D eigenvalue weighted by molar-refractivity contribution is 6.04. The van der Waals surface area contributed by atoms with E-state index >= 15 is 0 Å². The van der Waals surface area contributed by atoms with Gasteiger partial charge in [0.2, 0.25) is 5.91 Å². The van der Waals surface area contributed by atoms with Crippen LogP contribution in [0, 0.1) is 0 Å². The predicted octanol–water partition coefficient (Wildman–Crippen LogP) is 3.18. The number of pyridine rings is 1. The Labute approximate surface area is 207 Å². The Balaban J connectivity index is 1.38. The van der Waals surface area contributed by atoms with E-state index in [0.717, 1.165) is 67.5 Å². The molecule has 186 valence electrons. The molecule has 0 unspecified atom stereocenters. The van der Waals surface area contributed by atoms with Crippen molar-refractivity contribution in [2.75, 3.05) is 48.4 Å². The first-order valence-electron chi connectivity index (χ1n) is 12.7. The molecule has 0 aliphatic carbocycles. The largest absolute Gasteiger partial charge is 0.349 e. The van der Waals surface area contributed by atoms with Crippen LogP contribution in [0.5, 0.6) is 0 Å². The van der Waals surface area contributed by atoms with Gasteiger partial charge in [-0.1, -0.05) is 0 Å². The summed E-state index contributed by atoms with van der Waals surface area (Å²) in [4.78, 5) is 39.0. The van der Waals surface area contributed by atoms with Gasteiger partial charge in [0, 0.05) is 36.9 Å². The van der Waals surface area contributed by atoms with Crippen LogP contribution in [0.25, 0.3) is 0 Å². The van der Waals surface area contributed by atoms with E-state index in [1.54, 1.807) is 4.90 Å². The summed E-state index contributed by atoms with van der Waals surface area (Å²) in [6, 6.07) is 10.1. The average molecular weight is 477 g/mol. The molecule has 1 aromatic heterocycles. The molecule has 1 saturated heterocycles. The van der Waals surface area contributed by atoms with Gasteiger partial charge in [-0.25, -0.2) is 4.98 Å². The van der Waals surface area contributed by atoms with Crippen molar-refractivity contribution in [3.05, 3.63) is 41.5 Å². The van der Waals surface area contributed by atoms with Crippen molar-refractivity contribution >= 4 is 34.8 Å². The Kier molecular flexibility index (Phi) is 6.17. The van der Waals surface area contributed by atoms with Crippen molar-refractivity contribution < 1.29 is 9.59 Å². The summed E-state index contributed by atoms with van der Waals surface area (Å²) in [6.45, 7) is 8.99. The average Bonchev–Trinajstić information content (AvgIpc) is 3.27. The number of aromatic nitrogens is 1. The van der Waals surface area contributed by atoms with Gasteiger partial charge in [-0.3, -0.25) is 9.59 Å². The van der Waals surface area contributed by atoms with E-state index in [9.17, 15) is 9.59 Å². The summed E-state index contributed by atoms with van der Waals surface area (Å²) in [5.41, 5.74) is 3.83. The molecule has 35 heavy (non-hydrogen) atoms. The first kappa shape index (κ1) is 23.6. The minimum absolute atomic E-state index is 0.0157. The maximum atomic E-state index is 12.9. The molecule has 0 bridgehead atoms. The molecular weight excluding hydrogens is 440 g/mol. The number of amides is 2. The number of nitrogens with one attached hydrogen (secondary N) is 1. The van der Waals surface area contributed by atoms with Crippen LogP contribution in [0.1, 0.15) is 49.5 Å². The summed E-state index contributed by atoms with van der Waals surface area (Å²) in [7, 11) is 3.94. The van der Waals surface area contributed by atoms with Gasteiger partial charge in [0.1, 0.15) is 11.9 Å². The first-order chi connectivity index (χ1) is 16.7. The number of fused-ring (bicyclic) bond motifs is 2. The van der Waals surface area contributed by atoms with Crippen molar-refractivity contribution in [2.45, 2.75) is 58.2 Å². The first-order valence-corrected chi connectivity index (χ1v) is 12.7. The summed E-state index contributed by atoms with van der Waals surface area (Å²) in [5, 5.41) is 3.22. The third kappa shape index (κ3) is 4.24. The number of anilines is 4. The maximum absolute atomic E-state index is 12.9. The number of benzene rings is 1. The second-order valence-electron chi connectivity index (χ2n) is 10.4. The number of piperidine rings is 1. The van der Waals surface area contributed by atoms with E-state index in [1.807, 2.05) is 44.3 Å². The molecule has 4 heterocycles. The van der Waals surface area contributed by atoms with Crippen LogP contribution in [0.15, 0.2) is 30.3 Å². The number of likely N-dealkylation sites (tertiary alicyclic amines) is 1. The fourth-order valence-electron chi connectivity index (χ4n) is 5.63. The van der Waals surface area contributed by atoms with Gasteiger partial charge in [-0.05, 0) is 96.1 Å². The monoisotopic (exact) mass is 476 g/mol. The standard InChI is InChI=1S/C27H36N6O2/c1-17(2)33-18(3)27(35)31(5)23-8-9-24(29-25(23)33)32-15-10-19-16-20(6-7-22(19)32)26(34)28-21-11-13-30(4)14-12-21/h6-9,16-18,21H,10-15H2,1-5H3,(H,28,34)/t18-/m1/s1. The van der Waals surface area contributed by atoms with Crippen LogP contribution >= 0.6 is 0 Å². The minimum atomic E-state index is -0.258. The SMILES string of the molecule is CC(C)N1c2nc(N3CCc4cc(C(=O)NC5CCN(C)CC5)ccc43)ccc2N(C)C(=O)[C@H]1C. The van der Waals surface area contributed by atoms with Crippen LogP contribution in [0.2, 0.25) is 0 Å². The molecule has 1 fully saturated rings. The third-order valence-electron chi connectivity index (χ3n) is 7.67. The Morgan fingerprint density at radius 3 is 2.49 bits per heavy atom. The summed E-state index contributed by atoms with van der Waals surface area (Å²) >= 11 is 0. The second kappa shape index (κ2) is 9.15. The molecule has 0 radical (unpaired) electrons. The molecule has 1 aromatic carbocycles. The van der Waals surface area contributed by atoms with Crippen LogP contribution < -0.4 is 20.0 Å². The predicted molar refractivity (Wildman–Crippen MR) is 140 cm³/mol. The van der Waals surface area contributed by atoms with E-state index in [-0.39, 0.29) is 29.9 Å². The summed E-state index contributed by atoms with van der Waals surface area (Å²) in [5.74, 6) is 1.81. The second-order valence-corrected chi connectivity index (χ2v) is 10.4. The van der Waals surface area contributed by atoms with Crippen molar-refractivity contribution in [1.29, 1.82) is 0 Å². The van der Waals surface area contributed by atoms with Gasteiger partial charge in [-0.2, -0.15) is 0 Å². The van der Waals surface area contributed by atoms with Crippen molar-refractivity contribution in [2.24, 2.45) is 0 Å². The number of carbonyl (C=O) groups is 2.